The number of amides is 1. The minimum atomic E-state index is -0.384. The van der Waals surface area contributed by atoms with Crippen molar-refractivity contribution in [1.82, 2.24) is 0 Å². The van der Waals surface area contributed by atoms with E-state index in [9.17, 15) is 9.59 Å². The molecule has 0 unspecified atom stereocenters. The minimum absolute atomic E-state index is 0.206. The fourth-order valence-corrected chi connectivity index (χ4v) is 3.67. The molecular weight excluding hydrogens is 322 g/mol. The predicted molar refractivity (Wildman–Crippen MR) is 98.1 cm³/mol. The van der Waals surface area contributed by atoms with Gasteiger partial charge >= 0.3 is 5.97 Å². The van der Waals surface area contributed by atoms with Crippen LogP contribution in [-0.4, -0.2) is 18.0 Å². The van der Waals surface area contributed by atoms with Crippen molar-refractivity contribution in [3.05, 3.63) is 51.4 Å². The first kappa shape index (κ1) is 18.2. The molecule has 1 aromatic heterocycles. The molecule has 0 radical (unpaired) electrons. The number of rotatable bonds is 5. The monoisotopic (exact) mass is 345 g/mol. The Morgan fingerprint density at radius 1 is 1.25 bits per heavy atom. The van der Waals surface area contributed by atoms with Gasteiger partial charge in [0.1, 0.15) is 5.00 Å². The Morgan fingerprint density at radius 3 is 2.54 bits per heavy atom. The lowest BCUT2D eigenvalue weighted by atomic mass is 10.1. The number of esters is 1. The van der Waals surface area contributed by atoms with E-state index in [2.05, 4.69) is 5.32 Å². The fourth-order valence-electron chi connectivity index (χ4n) is 2.54. The molecule has 0 fully saturated rings. The zero-order valence-electron chi connectivity index (χ0n) is 14.7. The SMILES string of the molecule is CCc1c(C)sc(NC(=O)c2cccc(C)c2)c1C(=O)OC(C)C. The lowest BCUT2D eigenvalue weighted by molar-refractivity contribution is 0.0378. The Balaban J connectivity index is 2.36. The van der Waals surface area contributed by atoms with E-state index >= 15 is 0 Å². The number of carbonyl (C=O) groups excluding carboxylic acids is 2. The molecule has 0 saturated heterocycles. The molecule has 1 heterocycles. The van der Waals surface area contributed by atoms with Crippen molar-refractivity contribution in [2.75, 3.05) is 5.32 Å². The zero-order valence-corrected chi connectivity index (χ0v) is 15.5. The van der Waals surface area contributed by atoms with Crippen LogP contribution in [0.2, 0.25) is 0 Å². The molecule has 2 rings (SSSR count). The summed E-state index contributed by atoms with van der Waals surface area (Å²) in [6.07, 6.45) is 0.508. The first-order chi connectivity index (χ1) is 11.3. The maximum absolute atomic E-state index is 12.5. The minimum Gasteiger partial charge on any atom is -0.459 e. The second-order valence-corrected chi connectivity index (χ2v) is 7.20. The van der Waals surface area contributed by atoms with E-state index in [1.807, 2.05) is 52.8 Å². The highest BCUT2D eigenvalue weighted by Crippen LogP contribution is 2.34. The van der Waals surface area contributed by atoms with Gasteiger partial charge in [0.25, 0.3) is 5.91 Å². The summed E-state index contributed by atoms with van der Waals surface area (Å²) in [5.74, 6) is -0.605. The maximum atomic E-state index is 12.5. The Hall–Kier alpha value is -2.14. The third-order valence-corrected chi connectivity index (χ3v) is 4.68. The standard InChI is InChI=1S/C19H23NO3S/c1-6-15-13(5)24-18(16(15)19(22)23-11(2)3)20-17(21)14-9-7-8-12(4)10-14/h7-11H,6H2,1-5H3,(H,20,21). The number of hydrogen-bond acceptors (Lipinski definition) is 4. The molecular formula is C19H23NO3S. The summed E-state index contributed by atoms with van der Waals surface area (Å²) in [5.41, 5.74) is 3.00. The van der Waals surface area contributed by atoms with Gasteiger partial charge in [0, 0.05) is 10.4 Å². The van der Waals surface area contributed by atoms with E-state index in [4.69, 9.17) is 4.74 Å². The van der Waals surface area contributed by atoms with E-state index < -0.39 is 0 Å². The summed E-state index contributed by atoms with van der Waals surface area (Å²) in [7, 11) is 0. The van der Waals surface area contributed by atoms with E-state index in [1.165, 1.54) is 11.3 Å². The molecule has 0 spiro atoms. The lowest BCUT2D eigenvalue weighted by Crippen LogP contribution is -2.17. The van der Waals surface area contributed by atoms with Gasteiger partial charge in [0.05, 0.1) is 11.7 Å². The van der Waals surface area contributed by atoms with Crippen LogP contribution in [0, 0.1) is 13.8 Å². The van der Waals surface area contributed by atoms with E-state index in [0.717, 1.165) is 16.0 Å². The van der Waals surface area contributed by atoms with Crippen LogP contribution < -0.4 is 5.32 Å². The maximum Gasteiger partial charge on any atom is 0.341 e. The number of benzene rings is 1. The number of aryl methyl sites for hydroxylation is 2. The predicted octanol–water partition coefficient (Wildman–Crippen LogP) is 4.74. The van der Waals surface area contributed by atoms with Crippen molar-refractivity contribution in [1.29, 1.82) is 0 Å². The smallest absolute Gasteiger partial charge is 0.341 e. The summed E-state index contributed by atoms with van der Waals surface area (Å²) in [6.45, 7) is 9.51. The van der Waals surface area contributed by atoms with Gasteiger partial charge in [-0.1, -0.05) is 24.6 Å². The Bertz CT molecular complexity index is 762. The molecule has 5 heteroatoms. The van der Waals surface area contributed by atoms with Crippen LogP contribution in [0.15, 0.2) is 24.3 Å². The molecule has 24 heavy (non-hydrogen) atoms. The molecule has 0 saturated carbocycles. The van der Waals surface area contributed by atoms with Crippen molar-refractivity contribution < 1.29 is 14.3 Å². The van der Waals surface area contributed by atoms with Gasteiger partial charge in [-0.2, -0.15) is 0 Å². The number of carbonyl (C=O) groups is 2. The summed E-state index contributed by atoms with van der Waals surface area (Å²) in [6, 6.07) is 7.36. The number of anilines is 1. The van der Waals surface area contributed by atoms with Crippen molar-refractivity contribution in [2.45, 2.75) is 47.1 Å². The zero-order chi connectivity index (χ0) is 17.9. The van der Waals surface area contributed by atoms with Gasteiger partial charge in [0.2, 0.25) is 0 Å². The number of nitrogens with one attached hydrogen (secondary N) is 1. The average Bonchev–Trinajstić information content (AvgIpc) is 2.81. The molecule has 0 aliphatic rings. The summed E-state index contributed by atoms with van der Waals surface area (Å²) in [4.78, 5) is 26.0. The Labute approximate surface area is 146 Å². The third-order valence-electron chi connectivity index (χ3n) is 3.62. The van der Waals surface area contributed by atoms with E-state index in [0.29, 0.717) is 22.5 Å². The Kier molecular flexibility index (Phi) is 5.78. The molecule has 0 bridgehead atoms. The third kappa shape index (κ3) is 4.03. The van der Waals surface area contributed by atoms with Gasteiger partial charge < -0.3 is 10.1 Å². The van der Waals surface area contributed by atoms with Gasteiger partial charge in [-0.3, -0.25) is 4.79 Å². The van der Waals surface area contributed by atoms with Crippen LogP contribution >= 0.6 is 11.3 Å². The molecule has 0 atom stereocenters. The van der Waals surface area contributed by atoms with Crippen LogP contribution in [0.3, 0.4) is 0 Å². The average molecular weight is 345 g/mol. The van der Waals surface area contributed by atoms with Crippen LogP contribution in [-0.2, 0) is 11.2 Å². The van der Waals surface area contributed by atoms with Crippen LogP contribution in [0.4, 0.5) is 5.00 Å². The first-order valence-corrected chi connectivity index (χ1v) is 8.86. The molecule has 1 N–H and O–H groups in total. The largest absolute Gasteiger partial charge is 0.459 e. The van der Waals surface area contributed by atoms with Crippen LogP contribution in [0.5, 0.6) is 0 Å². The highest BCUT2D eigenvalue weighted by atomic mass is 32.1. The quantitative estimate of drug-likeness (QED) is 0.796. The van der Waals surface area contributed by atoms with Gasteiger partial charge in [-0.05, 0) is 51.8 Å². The van der Waals surface area contributed by atoms with E-state index in [1.54, 1.807) is 6.07 Å². The van der Waals surface area contributed by atoms with Crippen molar-refractivity contribution in [3.63, 3.8) is 0 Å². The summed E-state index contributed by atoms with van der Waals surface area (Å²) in [5, 5.41) is 3.44. The van der Waals surface area contributed by atoms with Crippen molar-refractivity contribution in [2.24, 2.45) is 0 Å². The molecule has 128 valence electrons. The van der Waals surface area contributed by atoms with Crippen molar-refractivity contribution in [3.8, 4) is 0 Å². The summed E-state index contributed by atoms with van der Waals surface area (Å²) >= 11 is 1.42. The molecule has 2 aromatic rings. The number of hydrogen-bond donors (Lipinski definition) is 1. The number of thiophene rings is 1. The lowest BCUT2D eigenvalue weighted by Gasteiger charge is -2.11. The molecule has 0 aliphatic carbocycles. The highest BCUT2D eigenvalue weighted by molar-refractivity contribution is 7.16. The van der Waals surface area contributed by atoms with Gasteiger partial charge in [-0.25, -0.2) is 4.79 Å². The molecule has 1 amide bonds. The molecule has 4 nitrogen and oxygen atoms in total. The van der Waals surface area contributed by atoms with Gasteiger partial charge in [-0.15, -0.1) is 11.3 Å². The summed E-state index contributed by atoms with van der Waals surface area (Å²) < 4.78 is 5.36. The van der Waals surface area contributed by atoms with Crippen LogP contribution in [0.25, 0.3) is 0 Å². The van der Waals surface area contributed by atoms with Gasteiger partial charge in [0.15, 0.2) is 0 Å². The van der Waals surface area contributed by atoms with Crippen molar-refractivity contribution >= 4 is 28.2 Å². The topological polar surface area (TPSA) is 55.4 Å². The fraction of sp³-hybridized carbons (Fsp3) is 0.368. The second kappa shape index (κ2) is 7.62. The molecule has 1 aromatic carbocycles. The molecule has 0 aliphatic heterocycles. The second-order valence-electron chi connectivity index (χ2n) is 5.97. The Morgan fingerprint density at radius 2 is 1.96 bits per heavy atom. The van der Waals surface area contributed by atoms with Crippen LogP contribution in [0.1, 0.15) is 57.5 Å². The first-order valence-electron chi connectivity index (χ1n) is 8.04. The number of ether oxygens (including phenoxy) is 1. The van der Waals surface area contributed by atoms with E-state index in [-0.39, 0.29) is 18.0 Å². The normalized spacial score (nSPS) is 10.8. The highest BCUT2D eigenvalue weighted by Gasteiger charge is 2.24.